The first-order chi connectivity index (χ1) is 20.6. The average molecular weight is 687 g/mol. The zero-order valence-corrected chi connectivity index (χ0v) is 29.0. The Hall–Kier alpha value is -1.62. The summed E-state index contributed by atoms with van der Waals surface area (Å²) < 4.78 is 4.16. The summed E-state index contributed by atoms with van der Waals surface area (Å²) in [4.78, 5) is 13.6. The van der Waals surface area contributed by atoms with Gasteiger partial charge in [0.15, 0.2) is 0 Å². The Morgan fingerprint density at radius 1 is 0.357 bits per heavy atom. The molecule has 206 valence electrons. The quantitative estimate of drug-likeness (QED) is 0.183. The fraction of sp³-hybridized carbons (Fsp3) is 0.0588. The van der Waals surface area contributed by atoms with E-state index in [9.17, 15) is 0 Å². The molecule has 0 saturated heterocycles. The maximum atomic E-state index is 2.35. The van der Waals surface area contributed by atoms with Gasteiger partial charge in [0.05, 0.1) is 12.7 Å². The summed E-state index contributed by atoms with van der Waals surface area (Å²) >= 11 is 15.3. The van der Waals surface area contributed by atoms with Crippen LogP contribution in [0.3, 0.4) is 0 Å². The predicted octanol–water partition coefficient (Wildman–Crippen LogP) is 13.6. The van der Waals surface area contributed by atoms with Gasteiger partial charge >= 0.3 is 0 Å². The largest absolute Gasteiger partial charge is 0.135 e. The zero-order chi connectivity index (χ0) is 28.2. The molecule has 2 aromatic heterocycles. The highest BCUT2D eigenvalue weighted by molar-refractivity contribution is 8.25. The lowest BCUT2D eigenvalue weighted by Gasteiger charge is -2.08. The molecule has 0 fully saturated rings. The lowest BCUT2D eigenvalue weighted by molar-refractivity contribution is 1.27. The number of thiophene rings is 2. The van der Waals surface area contributed by atoms with Gasteiger partial charge in [-0.3, -0.25) is 0 Å². The van der Waals surface area contributed by atoms with Crippen LogP contribution < -0.4 is 0 Å². The van der Waals surface area contributed by atoms with Crippen LogP contribution in [0.4, 0.5) is 0 Å². The number of fused-ring (bicyclic) bond motifs is 3. The van der Waals surface area contributed by atoms with Crippen molar-refractivity contribution in [3.05, 3.63) is 129 Å². The van der Waals surface area contributed by atoms with Crippen LogP contribution in [0.5, 0.6) is 0 Å². The van der Waals surface area contributed by atoms with Gasteiger partial charge in [0.25, 0.3) is 0 Å². The summed E-state index contributed by atoms with van der Waals surface area (Å²) in [5.41, 5.74) is 4.12. The van der Waals surface area contributed by atoms with Crippen molar-refractivity contribution in [1.82, 2.24) is 0 Å². The number of hydrogen-bond acceptors (Lipinski definition) is 8. The third kappa shape index (κ3) is 5.22. The fourth-order valence-corrected chi connectivity index (χ4v) is 15.2. The van der Waals surface area contributed by atoms with Gasteiger partial charge in [0.1, 0.15) is 0 Å². The molecule has 3 aliphatic rings. The molecule has 8 heteroatoms. The molecule has 0 saturated carbocycles. The molecule has 0 atom stereocenters. The van der Waals surface area contributed by atoms with Gasteiger partial charge in [-0.2, -0.15) is 0 Å². The molecule has 5 aromatic rings. The van der Waals surface area contributed by atoms with Gasteiger partial charge in [-0.15, -0.1) is 22.7 Å². The van der Waals surface area contributed by atoms with Crippen LogP contribution in [0, 0.1) is 0 Å². The van der Waals surface area contributed by atoms with E-state index in [2.05, 4.69) is 111 Å². The Morgan fingerprint density at radius 3 is 0.976 bits per heavy atom. The minimum atomic E-state index is 1.34. The normalized spacial score (nSPS) is 15.1. The molecule has 5 heterocycles. The van der Waals surface area contributed by atoms with Gasteiger partial charge in [0, 0.05) is 54.5 Å². The third-order valence-electron chi connectivity index (χ3n) is 7.02. The Morgan fingerprint density at radius 2 is 0.643 bits per heavy atom. The Bertz CT molecular complexity index is 1780. The van der Waals surface area contributed by atoms with E-state index in [1.54, 1.807) is 0 Å². The summed E-state index contributed by atoms with van der Waals surface area (Å²) in [7, 11) is 0. The molecule has 0 aliphatic carbocycles. The molecule has 8 rings (SSSR count). The van der Waals surface area contributed by atoms with Gasteiger partial charge in [-0.05, 0) is 85.7 Å². The maximum Gasteiger partial charge on any atom is 0.0600 e. The molecular formula is C34H22S8. The second-order valence-electron chi connectivity index (χ2n) is 9.77. The Kier molecular flexibility index (Phi) is 7.78. The van der Waals surface area contributed by atoms with E-state index in [1.807, 2.05) is 93.2 Å². The van der Waals surface area contributed by atoms with Gasteiger partial charge in [-0.25, -0.2) is 0 Å². The van der Waals surface area contributed by atoms with Gasteiger partial charge < -0.3 is 0 Å². The summed E-state index contributed by atoms with van der Waals surface area (Å²) in [5.74, 6) is 0. The van der Waals surface area contributed by atoms with Crippen LogP contribution in [-0.2, 0) is 0 Å². The van der Waals surface area contributed by atoms with Gasteiger partial charge in [-0.1, -0.05) is 107 Å². The summed E-state index contributed by atoms with van der Waals surface area (Å²) in [6, 6.07) is 35.6. The maximum absolute atomic E-state index is 2.35. The van der Waals surface area contributed by atoms with Crippen molar-refractivity contribution in [1.29, 1.82) is 0 Å². The summed E-state index contributed by atoms with van der Waals surface area (Å²) in [6.07, 6.45) is 0. The Balaban J connectivity index is 1.17. The molecule has 0 amide bonds. The number of hydrogen-bond donors (Lipinski definition) is 0. The second-order valence-corrected chi connectivity index (χ2v) is 19.0. The topological polar surface area (TPSA) is 0 Å². The van der Waals surface area contributed by atoms with Crippen molar-refractivity contribution in [3.63, 3.8) is 0 Å². The number of allylic oxidation sites excluding steroid dienone is 2. The molecule has 0 spiro atoms. The Labute approximate surface area is 280 Å². The molecule has 0 unspecified atom stereocenters. The van der Waals surface area contributed by atoms with Crippen LogP contribution in [0.15, 0.2) is 139 Å². The lowest BCUT2D eigenvalue weighted by atomic mass is 10.2. The van der Waals surface area contributed by atoms with Crippen LogP contribution in [0.2, 0.25) is 0 Å². The van der Waals surface area contributed by atoms with Crippen LogP contribution in [-0.4, -0.2) is 0 Å². The monoisotopic (exact) mass is 686 g/mol. The SMILES string of the molecule is CC(=C1Sc2ccccc2S1)c1ccc(C(=C2Sc3ccccc3S2)c2ccc(C(C)=C3Sc4ccccc4S3)s2)s1. The smallest absolute Gasteiger partial charge is 0.0600 e. The number of rotatable bonds is 4. The fourth-order valence-electron chi connectivity index (χ4n) is 4.80. The van der Waals surface area contributed by atoms with Crippen molar-refractivity contribution in [2.24, 2.45) is 0 Å². The van der Waals surface area contributed by atoms with E-state index >= 15 is 0 Å². The molecule has 0 N–H and O–H groups in total. The van der Waals surface area contributed by atoms with Gasteiger partial charge in [0.2, 0.25) is 0 Å². The number of thioether (sulfide) groups is 6. The van der Waals surface area contributed by atoms with E-state index in [4.69, 9.17) is 0 Å². The van der Waals surface area contributed by atoms with E-state index in [1.165, 1.54) is 78.3 Å². The predicted molar refractivity (Wildman–Crippen MR) is 194 cm³/mol. The van der Waals surface area contributed by atoms with Crippen molar-refractivity contribution in [2.75, 3.05) is 0 Å². The highest BCUT2D eigenvalue weighted by Crippen LogP contribution is 2.58. The minimum absolute atomic E-state index is 1.34. The van der Waals surface area contributed by atoms with Crippen LogP contribution >= 0.6 is 93.2 Å². The van der Waals surface area contributed by atoms with Crippen molar-refractivity contribution >= 4 is 110 Å². The van der Waals surface area contributed by atoms with E-state index in [-0.39, 0.29) is 0 Å². The molecule has 42 heavy (non-hydrogen) atoms. The molecular weight excluding hydrogens is 665 g/mol. The van der Waals surface area contributed by atoms with E-state index < -0.39 is 0 Å². The van der Waals surface area contributed by atoms with Crippen molar-refractivity contribution in [2.45, 2.75) is 43.2 Å². The second kappa shape index (κ2) is 11.7. The molecule has 0 bridgehead atoms. The first-order valence-corrected chi connectivity index (χ1v) is 19.9. The molecule has 0 radical (unpaired) electrons. The third-order valence-corrected chi connectivity index (χ3v) is 17.6. The molecule has 3 aromatic carbocycles. The zero-order valence-electron chi connectivity index (χ0n) is 22.5. The summed E-state index contributed by atoms with van der Waals surface area (Å²) in [5, 5.41) is 0. The lowest BCUT2D eigenvalue weighted by Crippen LogP contribution is -1.82. The first kappa shape index (κ1) is 27.9. The van der Waals surface area contributed by atoms with Crippen LogP contribution in [0.1, 0.15) is 33.4 Å². The average Bonchev–Trinajstić information content (AvgIpc) is 3.85. The minimum Gasteiger partial charge on any atom is -0.135 e. The molecule has 0 nitrogen and oxygen atoms in total. The number of benzene rings is 3. The molecule has 3 aliphatic heterocycles. The van der Waals surface area contributed by atoms with Crippen molar-refractivity contribution in [3.8, 4) is 0 Å². The highest BCUT2D eigenvalue weighted by atomic mass is 32.2. The van der Waals surface area contributed by atoms with Crippen molar-refractivity contribution < 1.29 is 0 Å². The summed E-state index contributed by atoms with van der Waals surface area (Å²) in [6.45, 7) is 4.57. The van der Waals surface area contributed by atoms with E-state index in [0.29, 0.717) is 0 Å². The van der Waals surface area contributed by atoms with Crippen LogP contribution in [0.25, 0.3) is 16.7 Å². The highest BCUT2D eigenvalue weighted by Gasteiger charge is 2.27. The standard InChI is InChI=1S/C34H22S8/c1-19(32-37-23-9-3-4-10-24(23)38-32)21-15-17-29(35-21)31(34-41-27-13-7-8-14-28(27)42-34)30-18-16-22(36-30)20(2)33-39-25-11-5-6-12-26(25)40-33/h3-18H,1-2H3. The first-order valence-electron chi connectivity index (χ1n) is 13.3. The van der Waals surface area contributed by atoms with E-state index in [0.717, 1.165) is 0 Å².